The predicted octanol–water partition coefficient (Wildman–Crippen LogP) is 5.23. The van der Waals surface area contributed by atoms with Gasteiger partial charge in [0.1, 0.15) is 12.4 Å². The molecule has 180 valence electrons. The summed E-state index contributed by atoms with van der Waals surface area (Å²) in [4.78, 5) is 41.9. The first-order chi connectivity index (χ1) is 16.8. The van der Waals surface area contributed by atoms with Crippen LogP contribution < -0.4 is 0 Å². The minimum Gasteiger partial charge on any atom is -0.330 e. The lowest BCUT2D eigenvalue weighted by atomic mass is 9.93. The number of rotatable bonds is 6. The zero-order valence-corrected chi connectivity index (χ0v) is 20.1. The van der Waals surface area contributed by atoms with Crippen molar-refractivity contribution in [2.24, 2.45) is 0 Å². The number of non-ortho nitro benzene ring substituents is 1. The molecule has 0 spiro atoms. The minimum atomic E-state index is -0.576. The van der Waals surface area contributed by atoms with E-state index in [1.165, 1.54) is 34.0 Å². The molecule has 1 atom stereocenters. The first kappa shape index (κ1) is 23.4. The molecule has 35 heavy (non-hydrogen) atoms. The van der Waals surface area contributed by atoms with E-state index in [0.717, 1.165) is 30.0 Å². The van der Waals surface area contributed by atoms with Gasteiger partial charge in [0, 0.05) is 29.6 Å². The summed E-state index contributed by atoms with van der Waals surface area (Å²) in [7, 11) is 0. The molecule has 1 unspecified atom stereocenters. The highest BCUT2D eigenvalue weighted by Crippen LogP contribution is 2.38. The normalized spacial score (nSPS) is 17.1. The average molecular weight is 514 g/mol. The average Bonchev–Trinajstić information content (AvgIpc) is 3.57. The van der Waals surface area contributed by atoms with Crippen molar-refractivity contribution in [1.82, 2.24) is 9.80 Å². The number of benzene rings is 2. The molecule has 3 aromatic rings. The van der Waals surface area contributed by atoms with Crippen LogP contribution in [0.2, 0.25) is 5.02 Å². The Morgan fingerprint density at radius 2 is 1.91 bits per heavy atom. The largest absolute Gasteiger partial charge is 0.330 e. The number of carbonyl (C=O) groups excluding carboxylic acids is 2. The van der Waals surface area contributed by atoms with Crippen molar-refractivity contribution in [2.75, 3.05) is 13.1 Å². The van der Waals surface area contributed by atoms with Crippen molar-refractivity contribution in [1.29, 1.82) is 0 Å². The molecule has 0 N–H and O–H groups in total. The fourth-order valence-corrected chi connectivity index (χ4v) is 5.68. The molecule has 2 heterocycles. The van der Waals surface area contributed by atoms with Crippen LogP contribution in [0.5, 0.6) is 0 Å². The second kappa shape index (κ2) is 9.39. The number of fused-ring (bicyclic) bond motifs is 1. The Hall–Kier alpha value is -3.30. The Kier molecular flexibility index (Phi) is 6.29. The Balaban J connectivity index is 1.42. The molecule has 1 aliphatic heterocycles. The lowest BCUT2D eigenvalue weighted by Crippen LogP contribution is -2.47. The summed E-state index contributed by atoms with van der Waals surface area (Å²) in [5.41, 5.74) is 1.75. The van der Waals surface area contributed by atoms with Crippen LogP contribution in [0.15, 0.2) is 53.9 Å². The third-order valence-corrected chi connectivity index (χ3v) is 7.73. The first-order valence-corrected chi connectivity index (χ1v) is 12.5. The molecule has 1 fully saturated rings. The molecule has 10 heteroatoms. The van der Waals surface area contributed by atoms with Crippen LogP contribution in [0.25, 0.3) is 0 Å². The van der Waals surface area contributed by atoms with Crippen LogP contribution in [0.3, 0.4) is 0 Å². The fraction of sp³-hybridized carbons (Fsp3) is 0.280. The quantitative estimate of drug-likeness (QED) is 0.334. The lowest BCUT2D eigenvalue weighted by molar-refractivity contribution is -0.384. The zero-order chi connectivity index (χ0) is 24.7. The molecule has 2 amide bonds. The number of nitro groups is 1. The van der Waals surface area contributed by atoms with Gasteiger partial charge in [0.15, 0.2) is 0 Å². The Bertz CT molecular complexity index is 1310. The zero-order valence-electron chi connectivity index (χ0n) is 18.5. The van der Waals surface area contributed by atoms with Crippen LogP contribution in [0, 0.1) is 15.9 Å². The molecule has 2 aromatic carbocycles. The smallest absolute Gasteiger partial charge is 0.270 e. The third-order valence-electron chi connectivity index (χ3n) is 6.42. The van der Waals surface area contributed by atoms with E-state index in [0.29, 0.717) is 13.0 Å². The first-order valence-electron chi connectivity index (χ1n) is 11.2. The summed E-state index contributed by atoms with van der Waals surface area (Å²) >= 11 is 7.84. The van der Waals surface area contributed by atoms with Gasteiger partial charge in [-0.25, -0.2) is 4.39 Å². The van der Waals surface area contributed by atoms with E-state index in [1.54, 1.807) is 28.4 Å². The van der Waals surface area contributed by atoms with Crippen LogP contribution in [0.4, 0.5) is 10.1 Å². The van der Waals surface area contributed by atoms with Crippen LogP contribution in [-0.4, -0.2) is 45.7 Å². The van der Waals surface area contributed by atoms with Gasteiger partial charge in [-0.05, 0) is 60.0 Å². The number of thiophene rings is 1. The van der Waals surface area contributed by atoms with E-state index in [4.69, 9.17) is 11.6 Å². The maximum Gasteiger partial charge on any atom is 0.270 e. The number of amides is 2. The lowest BCUT2D eigenvalue weighted by Gasteiger charge is -2.37. The van der Waals surface area contributed by atoms with E-state index in [2.05, 4.69) is 0 Å². The summed E-state index contributed by atoms with van der Waals surface area (Å²) in [6, 6.07) is 11.4. The molecule has 1 aliphatic carbocycles. The molecule has 5 rings (SSSR count). The summed E-state index contributed by atoms with van der Waals surface area (Å²) in [5.74, 6) is -0.986. The molecule has 0 bridgehead atoms. The predicted molar refractivity (Wildman–Crippen MR) is 130 cm³/mol. The van der Waals surface area contributed by atoms with Gasteiger partial charge < -0.3 is 9.80 Å². The van der Waals surface area contributed by atoms with Crippen molar-refractivity contribution >= 4 is 40.4 Å². The van der Waals surface area contributed by atoms with Crippen molar-refractivity contribution < 1.29 is 18.9 Å². The van der Waals surface area contributed by atoms with Gasteiger partial charge in [0.25, 0.3) is 11.6 Å². The SMILES string of the molecule is O=C(c1ccc([N+](=O)[O-])cc1Cl)N(CC(=O)N1CCc2sccc2C1c1ccc(F)cc1)C1CC1. The van der Waals surface area contributed by atoms with Crippen molar-refractivity contribution in [3.63, 3.8) is 0 Å². The summed E-state index contributed by atoms with van der Waals surface area (Å²) in [5, 5.41) is 13.0. The molecule has 1 aromatic heterocycles. The van der Waals surface area contributed by atoms with Gasteiger partial charge in [-0.1, -0.05) is 23.7 Å². The van der Waals surface area contributed by atoms with Gasteiger partial charge in [-0.2, -0.15) is 0 Å². The monoisotopic (exact) mass is 513 g/mol. The van der Waals surface area contributed by atoms with Gasteiger partial charge in [-0.3, -0.25) is 19.7 Å². The number of hydrogen-bond acceptors (Lipinski definition) is 5. The molecular formula is C25H21ClFN3O4S. The fourth-order valence-electron chi connectivity index (χ4n) is 4.52. The van der Waals surface area contributed by atoms with Crippen molar-refractivity contribution in [3.8, 4) is 0 Å². The Labute approximate surface area is 209 Å². The third kappa shape index (κ3) is 4.66. The highest BCUT2D eigenvalue weighted by molar-refractivity contribution is 7.10. The van der Waals surface area contributed by atoms with Gasteiger partial charge in [-0.15, -0.1) is 11.3 Å². The number of hydrogen-bond donors (Lipinski definition) is 0. The maximum absolute atomic E-state index is 13.6. The highest BCUT2D eigenvalue weighted by atomic mass is 35.5. The summed E-state index contributed by atoms with van der Waals surface area (Å²) < 4.78 is 13.6. The maximum atomic E-state index is 13.6. The standard InChI is InChI=1S/C25H21ClFN3O4S/c26-21-13-18(30(33)34)7-8-19(21)25(32)29(17-5-6-17)14-23(31)28-11-9-22-20(10-12-35-22)24(28)15-1-3-16(27)4-2-15/h1-4,7-8,10,12-13,17,24H,5-6,9,11,14H2. The minimum absolute atomic E-state index is 0.0209. The number of nitrogens with zero attached hydrogens (tertiary/aromatic N) is 3. The van der Waals surface area contributed by atoms with Gasteiger partial charge in [0.2, 0.25) is 5.91 Å². The highest BCUT2D eigenvalue weighted by Gasteiger charge is 2.39. The van der Waals surface area contributed by atoms with Crippen LogP contribution in [-0.2, 0) is 11.2 Å². The second-order valence-corrected chi connectivity index (χ2v) is 10.1. The molecule has 0 saturated heterocycles. The van der Waals surface area contributed by atoms with E-state index in [1.807, 2.05) is 11.4 Å². The van der Waals surface area contributed by atoms with Crippen LogP contribution in [0.1, 0.15) is 45.2 Å². The van der Waals surface area contributed by atoms with Gasteiger partial charge >= 0.3 is 0 Å². The topological polar surface area (TPSA) is 83.8 Å². The molecule has 2 aliphatic rings. The summed E-state index contributed by atoms with van der Waals surface area (Å²) in [6.07, 6.45) is 2.27. The Morgan fingerprint density at radius 3 is 2.57 bits per heavy atom. The summed E-state index contributed by atoms with van der Waals surface area (Å²) in [6.45, 7) is 0.355. The Morgan fingerprint density at radius 1 is 1.17 bits per heavy atom. The molecule has 0 radical (unpaired) electrons. The van der Waals surface area contributed by atoms with Gasteiger partial charge in [0.05, 0.1) is 21.6 Å². The molecular weight excluding hydrogens is 493 g/mol. The number of nitro benzene ring substituents is 1. The van der Waals surface area contributed by atoms with Crippen LogP contribution >= 0.6 is 22.9 Å². The number of halogens is 2. The molecule has 1 saturated carbocycles. The van der Waals surface area contributed by atoms with E-state index >= 15 is 0 Å². The second-order valence-electron chi connectivity index (χ2n) is 8.68. The van der Waals surface area contributed by atoms with Crippen molar-refractivity contribution in [2.45, 2.75) is 31.3 Å². The van der Waals surface area contributed by atoms with E-state index in [-0.39, 0.29) is 46.6 Å². The number of carbonyl (C=O) groups is 2. The van der Waals surface area contributed by atoms with E-state index in [9.17, 15) is 24.1 Å². The van der Waals surface area contributed by atoms with Crippen molar-refractivity contribution in [3.05, 3.63) is 96.4 Å². The molecule has 7 nitrogen and oxygen atoms in total. The van der Waals surface area contributed by atoms with E-state index < -0.39 is 10.8 Å².